The number of carbonyl (C=O) groups excluding carboxylic acids is 2. The first kappa shape index (κ1) is 20.3. The highest BCUT2D eigenvalue weighted by atomic mass is 16.3. The molecule has 33 heavy (non-hydrogen) atoms. The van der Waals surface area contributed by atoms with Crippen LogP contribution in [0, 0.1) is 0 Å². The Kier molecular flexibility index (Phi) is 4.69. The zero-order valence-electron chi connectivity index (χ0n) is 18.6. The van der Waals surface area contributed by atoms with Crippen LogP contribution in [0.1, 0.15) is 34.5 Å². The second kappa shape index (κ2) is 7.63. The van der Waals surface area contributed by atoms with Crippen molar-refractivity contribution in [3.8, 4) is 0 Å². The first-order valence-electron chi connectivity index (χ1n) is 11.8. The number of benzene rings is 2. The van der Waals surface area contributed by atoms with Crippen LogP contribution in [0.25, 0.3) is 10.9 Å². The van der Waals surface area contributed by atoms with Crippen molar-refractivity contribution >= 4 is 28.4 Å². The molecule has 7 heteroatoms. The molecule has 3 aromatic rings. The van der Waals surface area contributed by atoms with Crippen LogP contribution in [-0.4, -0.2) is 70.0 Å². The Bertz CT molecular complexity index is 1220. The van der Waals surface area contributed by atoms with Gasteiger partial charge in [-0.3, -0.25) is 9.59 Å². The number of hydrogen-bond acceptors (Lipinski definition) is 4. The second-order valence-corrected chi connectivity index (χ2v) is 9.46. The minimum atomic E-state index is -1.13. The Morgan fingerprint density at radius 2 is 1.58 bits per heavy atom. The number of aromatic nitrogens is 1. The molecular formula is C26H28N4O3. The van der Waals surface area contributed by atoms with E-state index in [1.165, 1.54) is 22.2 Å². The van der Waals surface area contributed by atoms with E-state index in [4.69, 9.17) is 0 Å². The van der Waals surface area contributed by atoms with Gasteiger partial charge in [-0.15, -0.1) is 0 Å². The predicted octanol–water partition coefficient (Wildman–Crippen LogP) is 2.54. The lowest BCUT2D eigenvalue weighted by atomic mass is 10.0. The molecule has 2 N–H and O–H groups in total. The molecule has 0 bridgehead atoms. The number of aromatic amines is 1. The van der Waals surface area contributed by atoms with Crippen molar-refractivity contribution in [2.45, 2.75) is 31.4 Å². The highest BCUT2D eigenvalue weighted by Gasteiger charge is 2.50. The van der Waals surface area contributed by atoms with Crippen LogP contribution in [0.15, 0.2) is 48.5 Å². The third-order valence-corrected chi connectivity index (χ3v) is 7.34. The Morgan fingerprint density at radius 1 is 0.879 bits per heavy atom. The number of aliphatic hydroxyl groups is 1. The molecule has 0 atom stereocenters. The number of carbonyl (C=O) groups is 2. The average Bonchev–Trinajstić information content (AvgIpc) is 3.51. The van der Waals surface area contributed by atoms with Crippen LogP contribution >= 0.6 is 0 Å². The zero-order valence-corrected chi connectivity index (χ0v) is 18.6. The Morgan fingerprint density at radius 3 is 2.30 bits per heavy atom. The average molecular weight is 445 g/mol. The third kappa shape index (κ3) is 3.56. The van der Waals surface area contributed by atoms with Crippen LogP contribution in [-0.2, 0) is 17.8 Å². The monoisotopic (exact) mass is 444 g/mol. The summed E-state index contributed by atoms with van der Waals surface area (Å²) < 4.78 is 0. The van der Waals surface area contributed by atoms with E-state index in [1.54, 1.807) is 9.80 Å². The molecule has 3 aliphatic rings. The maximum absolute atomic E-state index is 13.0. The zero-order chi connectivity index (χ0) is 22.6. The molecule has 1 aromatic heterocycles. The van der Waals surface area contributed by atoms with Gasteiger partial charge in [-0.2, -0.15) is 0 Å². The van der Waals surface area contributed by atoms with Gasteiger partial charge in [-0.1, -0.05) is 18.2 Å². The van der Waals surface area contributed by atoms with E-state index in [0.717, 1.165) is 25.2 Å². The highest BCUT2D eigenvalue weighted by molar-refractivity contribution is 5.95. The molecule has 0 spiro atoms. The molecular weight excluding hydrogens is 416 g/mol. The predicted molar refractivity (Wildman–Crippen MR) is 126 cm³/mol. The van der Waals surface area contributed by atoms with Gasteiger partial charge in [0.1, 0.15) is 5.60 Å². The van der Waals surface area contributed by atoms with Gasteiger partial charge >= 0.3 is 0 Å². The fraction of sp³-hybridized carbons (Fsp3) is 0.385. The number of rotatable bonds is 3. The number of nitrogens with zero attached hydrogens (tertiary/aromatic N) is 3. The molecule has 170 valence electrons. The summed E-state index contributed by atoms with van der Waals surface area (Å²) in [5.41, 5.74) is 4.53. The number of fused-ring (bicyclic) bond motifs is 3. The van der Waals surface area contributed by atoms with Crippen molar-refractivity contribution in [1.29, 1.82) is 0 Å². The Labute approximate surface area is 192 Å². The summed E-state index contributed by atoms with van der Waals surface area (Å²) in [6, 6.07) is 16.3. The molecule has 1 saturated carbocycles. The van der Waals surface area contributed by atoms with Crippen molar-refractivity contribution in [2.75, 3.05) is 37.6 Å². The topological polar surface area (TPSA) is 79.9 Å². The molecule has 0 unspecified atom stereocenters. The lowest BCUT2D eigenvalue weighted by Gasteiger charge is -2.36. The van der Waals surface area contributed by atoms with E-state index in [9.17, 15) is 14.7 Å². The lowest BCUT2D eigenvalue weighted by molar-refractivity contribution is -0.143. The summed E-state index contributed by atoms with van der Waals surface area (Å²) in [6.45, 7) is 3.73. The number of amides is 2. The molecule has 1 saturated heterocycles. The van der Waals surface area contributed by atoms with E-state index < -0.39 is 5.60 Å². The van der Waals surface area contributed by atoms with Crippen molar-refractivity contribution in [3.05, 3.63) is 65.4 Å². The van der Waals surface area contributed by atoms with E-state index >= 15 is 0 Å². The minimum Gasteiger partial charge on any atom is -0.380 e. The van der Waals surface area contributed by atoms with Gasteiger partial charge < -0.3 is 24.8 Å². The van der Waals surface area contributed by atoms with Gasteiger partial charge in [-0.05, 0) is 55.2 Å². The fourth-order valence-corrected chi connectivity index (χ4v) is 5.15. The van der Waals surface area contributed by atoms with Crippen molar-refractivity contribution in [3.63, 3.8) is 0 Å². The lowest BCUT2D eigenvalue weighted by Crippen LogP contribution is -2.53. The molecule has 2 amide bonds. The van der Waals surface area contributed by atoms with E-state index in [0.29, 0.717) is 44.6 Å². The summed E-state index contributed by atoms with van der Waals surface area (Å²) in [4.78, 5) is 34.7. The fourth-order valence-electron chi connectivity index (χ4n) is 5.15. The minimum absolute atomic E-state index is 0.00432. The van der Waals surface area contributed by atoms with Crippen LogP contribution in [0.4, 0.5) is 5.69 Å². The molecule has 3 heterocycles. The molecule has 7 nitrogen and oxygen atoms in total. The Hall–Kier alpha value is -3.32. The summed E-state index contributed by atoms with van der Waals surface area (Å²) >= 11 is 0. The van der Waals surface area contributed by atoms with E-state index in [2.05, 4.69) is 34.1 Å². The number of hydrogen-bond donors (Lipinski definition) is 2. The molecule has 2 aromatic carbocycles. The van der Waals surface area contributed by atoms with Gasteiger partial charge in [0.05, 0.1) is 6.54 Å². The van der Waals surface area contributed by atoms with Gasteiger partial charge in [0.25, 0.3) is 11.8 Å². The summed E-state index contributed by atoms with van der Waals surface area (Å²) in [5, 5.41) is 11.4. The number of anilines is 1. The van der Waals surface area contributed by atoms with Gasteiger partial charge in [0.2, 0.25) is 0 Å². The summed E-state index contributed by atoms with van der Waals surface area (Å²) in [7, 11) is 0. The van der Waals surface area contributed by atoms with Crippen LogP contribution in [0.2, 0.25) is 0 Å². The normalized spacial score (nSPS) is 19.5. The first-order valence-corrected chi connectivity index (χ1v) is 11.8. The van der Waals surface area contributed by atoms with Crippen LogP contribution in [0.3, 0.4) is 0 Å². The number of para-hydroxylation sites is 1. The second-order valence-electron chi connectivity index (χ2n) is 9.46. The smallest absolute Gasteiger partial charge is 0.254 e. The molecule has 0 radical (unpaired) electrons. The van der Waals surface area contributed by atoms with Gasteiger partial charge in [0, 0.05) is 60.6 Å². The Balaban J connectivity index is 1.10. The number of nitrogens with one attached hydrogen (secondary N) is 1. The van der Waals surface area contributed by atoms with Gasteiger partial charge in [-0.25, -0.2) is 0 Å². The number of H-pyrrole nitrogens is 1. The summed E-state index contributed by atoms with van der Waals surface area (Å²) in [6.07, 6.45) is 2.10. The van der Waals surface area contributed by atoms with Crippen molar-refractivity contribution in [2.24, 2.45) is 0 Å². The molecule has 6 rings (SSSR count). The van der Waals surface area contributed by atoms with E-state index in [-0.39, 0.29) is 11.8 Å². The maximum Gasteiger partial charge on any atom is 0.254 e. The van der Waals surface area contributed by atoms with Crippen LogP contribution < -0.4 is 4.90 Å². The summed E-state index contributed by atoms with van der Waals surface area (Å²) in [5.74, 6) is -0.186. The van der Waals surface area contributed by atoms with Crippen molar-refractivity contribution < 1.29 is 14.7 Å². The molecule has 2 aliphatic heterocycles. The quantitative estimate of drug-likeness (QED) is 0.651. The SMILES string of the molecule is O=C(c1ccc(N2CCc3c([nH]c4ccccc34)C2)cc1)N1CCN(C(=O)C2(O)CC2)CC1. The van der Waals surface area contributed by atoms with Crippen LogP contribution in [0.5, 0.6) is 0 Å². The van der Waals surface area contributed by atoms with E-state index in [1.807, 2.05) is 24.3 Å². The third-order valence-electron chi connectivity index (χ3n) is 7.34. The standard InChI is InChI=1S/C26H28N4O3/c31-24(28-13-15-29(16-14-28)25(32)26(33)10-11-26)18-5-7-19(8-6-18)30-12-9-21-20-3-1-2-4-22(20)27-23(21)17-30/h1-8,27,33H,9-17H2. The van der Waals surface area contributed by atoms with Gasteiger partial charge in [0.15, 0.2) is 0 Å². The molecule has 1 aliphatic carbocycles. The van der Waals surface area contributed by atoms with Crippen molar-refractivity contribution in [1.82, 2.24) is 14.8 Å². The highest BCUT2D eigenvalue weighted by Crippen LogP contribution is 2.37. The molecule has 2 fully saturated rings. The maximum atomic E-state index is 13.0. The first-order chi connectivity index (χ1) is 16.0. The largest absolute Gasteiger partial charge is 0.380 e. The number of piperazine rings is 1.